The molecule has 300 valence electrons. The molecule has 1 saturated carbocycles. The maximum atomic E-state index is 15.0. The van der Waals surface area contributed by atoms with Crippen molar-refractivity contribution in [3.63, 3.8) is 0 Å². The van der Waals surface area contributed by atoms with E-state index < -0.39 is 73.9 Å². The Morgan fingerprint density at radius 3 is 1.82 bits per heavy atom. The average Bonchev–Trinajstić information content (AvgIpc) is 4.10. The van der Waals surface area contributed by atoms with Crippen LogP contribution in [0, 0.1) is 0 Å². The zero-order valence-corrected chi connectivity index (χ0v) is 31.5. The first kappa shape index (κ1) is 32.3. The van der Waals surface area contributed by atoms with Gasteiger partial charge in [0.25, 0.3) is 0 Å². The van der Waals surface area contributed by atoms with Crippen molar-refractivity contribution in [1.82, 2.24) is 40.4 Å². The summed E-state index contributed by atoms with van der Waals surface area (Å²) in [6.45, 7) is -2.85. The predicted molar refractivity (Wildman–Crippen MR) is 204 cm³/mol. The van der Waals surface area contributed by atoms with Gasteiger partial charge in [0.05, 0.1) is 65.9 Å². The molecule has 0 radical (unpaired) electrons. The molecule has 2 aliphatic heterocycles. The number of alkyl halides is 2. The number of hydrogen-bond donors (Lipinski definition) is 4. The molecular weight excluding hydrogens is 738 g/mol. The highest BCUT2D eigenvalue weighted by molar-refractivity contribution is 5.87. The first-order chi connectivity index (χ1) is 29.3. The molecule has 2 saturated heterocycles. The SMILES string of the molecule is [2H]C([2H])([2H])[C@]([2H])(NC(=O)OC)C(=O)N1C[C@@H](F)C[C@H]1c1ncc(-c2ccc(-c3ccc(-c4cnc([C@@H]5C[C@H](F)CN5C(=O)[C@]([2H])(C)NC(=O)OC)[nH]4)cc3)c3c2C2CCC3C2)[nH]1. The van der Waals surface area contributed by atoms with Crippen LogP contribution >= 0.6 is 0 Å². The summed E-state index contributed by atoms with van der Waals surface area (Å²) in [5.74, 6) is -0.904. The van der Waals surface area contributed by atoms with Crippen molar-refractivity contribution < 1.29 is 44.3 Å². The van der Waals surface area contributed by atoms with Crippen molar-refractivity contribution in [3.8, 4) is 33.6 Å². The van der Waals surface area contributed by atoms with Gasteiger partial charge in [-0.15, -0.1) is 0 Å². The number of rotatable bonds is 9. The lowest BCUT2D eigenvalue weighted by molar-refractivity contribution is -0.134. The number of aromatic nitrogens is 4. The van der Waals surface area contributed by atoms with Gasteiger partial charge in [-0.1, -0.05) is 36.4 Å². The monoisotopic (exact) mass is 789 g/mol. The Labute approximate surface area is 335 Å². The van der Waals surface area contributed by atoms with E-state index in [2.05, 4.69) is 40.8 Å². The molecule has 4 N–H and O–H groups in total. The normalized spacial score (nSPS) is 27.2. The quantitative estimate of drug-likeness (QED) is 0.155. The van der Waals surface area contributed by atoms with E-state index in [1.165, 1.54) is 23.0 Å². The van der Waals surface area contributed by atoms with Crippen molar-refractivity contribution in [2.24, 2.45) is 0 Å². The fraction of sp³-hybridized carbons (Fsp3) is 0.463. The lowest BCUT2D eigenvalue weighted by atomic mass is 9.82. The Balaban J connectivity index is 1.04. The first-order valence-corrected chi connectivity index (χ1v) is 18.8. The number of hydrogen-bond acceptors (Lipinski definition) is 8. The van der Waals surface area contributed by atoms with Gasteiger partial charge in [-0.2, -0.15) is 0 Å². The minimum Gasteiger partial charge on any atom is -0.453 e. The molecule has 8 atom stereocenters. The number of carbonyl (C=O) groups is 4. The molecule has 57 heavy (non-hydrogen) atoms. The van der Waals surface area contributed by atoms with E-state index in [4.69, 9.17) is 6.85 Å². The maximum absolute atomic E-state index is 15.0. The van der Waals surface area contributed by atoms with Gasteiger partial charge in [0.2, 0.25) is 11.8 Å². The summed E-state index contributed by atoms with van der Waals surface area (Å²) in [6.07, 6.45) is 0.906. The number of amides is 4. The number of halogens is 2. The Kier molecular flexibility index (Phi) is 8.66. The summed E-state index contributed by atoms with van der Waals surface area (Å²) in [5.41, 5.74) is 7.47. The molecule has 4 aromatic rings. The van der Waals surface area contributed by atoms with Gasteiger partial charge in [0.1, 0.15) is 36.0 Å². The second-order valence-corrected chi connectivity index (χ2v) is 15.0. The molecule has 4 amide bonds. The van der Waals surface area contributed by atoms with Crippen molar-refractivity contribution in [3.05, 3.63) is 71.6 Å². The van der Waals surface area contributed by atoms with Crippen LogP contribution in [-0.2, 0) is 19.1 Å². The van der Waals surface area contributed by atoms with Crippen LogP contribution in [0.25, 0.3) is 33.6 Å². The highest BCUT2D eigenvalue weighted by Crippen LogP contribution is 2.58. The fourth-order valence-electron chi connectivity index (χ4n) is 8.99. The van der Waals surface area contributed by atoms with Gasteiger partial charge in [-0.05, 0) is 72.7 Å². The van der Waals surface area contributed by atoms with Crippen molar-refractivity contribution >= 4 is 24.0 Å². The first-order valence-electron chi connectivity index (χ1n) is 21.3. The fourth-order valence-corrected chi connectivity index (χ4v) is 8.99. The summed E-state index contributed by atoms with van der Waals surface area (Å²) in [6, 6.07) is 4.95. The van der Waals surface area contributed by atoms with E-state index in [9.17, 15) is 23.6 Å². The van der Waals surface area contributed by atoms with Crippen molar-refractivity contribution in [2.45, 2.75) is 94.2 Å². The number of imidazole rings is 2. The van der Waals surface area contributed by atoms with E-state index in [0.717, 1.165) is 60.6 Å². The molecule has 16 heteroatoms. The number of methoxy groups -OCH3 is 2. The standard InChI is InChI=1S/C41H46F2N8O6/c1-20(46-40(54)56-3)38(52)50-18-26(42)14-32(50)36-44-16-30(48-36)23-7-5-22(6-8-23)28-11-12-29(35-25-10-9-24(13-25)34(28)35)31-17-45-37(49-31)33-15-27(43)19-51(33)39(53)21(2)47-41(55)57-4/h5-8,11-12,16-17,20-21,24-27,32-33H,9-10,13-15,18-19H2,1-4H3,(H,44,48)(H,45,49)(H,46,54)(H,47,55)/t20-,21-,24?,25?,26-,27-,32-,33-/m0/s1/i2D3,20D,21D. The minimum absolute atomic E-state index is 0.0264. The Bertz CT molecular complexity index is 2410. The predicted octanol–water partition coefficient (Wildman–Crippen LogP) is 6.21. The molecule has 4 aliphatic rings. The van der Waals surface area contributed by atoms with Crippen LogP contribution in [-0.4, -0.2) is 105 Å². The summed E-state index contributed by atoms with van der Waals surface area (Å²) in [7, 11) is 2.09. The average molecular weight is 790 g/mol. The van der Waals surface area contributed by atoms with E-state index in [-0.39, 0.29) is 25.2 Å². The zero-order chi connectivity index (χ0) is 44.5. The van der Waals surface area contributed by atoms with Crippen LogP contribution in [0.5, 0.6) is 0 Å². The number of nitrogens with zero attached hydrogens (tertiary/aromatic N) is 4. The van der Waals surface area contributed by atoms with Crippen LogP contribution in [0.2, 0.25) is 0 Å². The molecule has 2 aliphatic carbocycles. The smallest absolute Gasteiger partial charge is 0.407 e. The highest BCUT2D eigenvalue weighted by Gasteiger charge is 2.43. The molecule has 2 unspecified atom stereocenters. The van der Waals surface area contributed by atoms with Crippen LogP contribution in [0.15, 0.2) is 48.8 Å². The van der Waals surface area contributed by atoms with Gasteiger partial charge >= 0.3 is 12.2 Å². The van der Waals surface area contributed by atoms with Gasteiger partial charge in [0, 0.05) is 22.5 Å². The number of aromatic amines is 2. The number of nitrogens with one attached hydrogen (secondary N) is 4. The largest absolute Gasteiger partial charge is 0.453 e. The summed E-state index contributed by atoms with van der Waals surface area (Å²) in [5, 5.41) is 4.02. The van der Waals surface area contributed by atoms with Gasteiger partial charge in [-0.3, -0.25) is 9.59 Å². The van der Waals surface area contributed by atoms with E-state index in [1.807, 2.05) is 35.6 Å². The van der Waals surface area contributed by atoms with Crippen molar-refractivity contribution in [2.75, 3.05) is 27.3 Å². The van der Waals surface area contributed by atoms with E-state index in [0.29, 0.717) is 29.0 Å². The molecule has 2 aromatic carbocycles. The van der Waals surface area contributed by atoms with Crippen molar-refractivity contribution in [1.29, 1.82) is 0 Å². The minimum atomic E-state index is -3.31. The third-order valence-corrected chi connectivity index (χ3v) is 11.6. The Hall–Kier alpha value is -5.80. The highest BCUT2D eigenvalue weighted by atomic mass is 19.1. The van der Waals surface area contributed by atoms with Gasteiger partial charge in [-0.25, -0.2) is 28.3 Å². The molecule has 3 fully saturated rings. The number of ether oxygens (including phenoxy) is 2. The van der Waals surface area contributed by atoms with Crippen LogP contribution < -0.4 is 10.6 Å². The summed E-state index contributed by atoms with van der Waals surface area (Å²) < 4.78 is 79.4. The summed E-state index contributed by atoms with van der Waals surface area (Å²) in [4.78, 5) is 68.5. The Morgan fingerprint density at radius 2 is 1.25 bits per heavy atom. The third-order valence-electron chi connectivity index (χ3n) is 11.6. The lowest BCUT2D eigenvalue weighted by Crippen LogP contribution is -2.47. The molecule has 2 aromatic heterocycles. The molecule has 8 rings (SSSR count). The van der Waals surface area contributed by atoms with Crippen LogP contribution in [0.4, 0.5) is 18.4 Å². The molecule has 4 heterocycles. The Morgan fingerprint density at radius 1 is 0.754 bits per heavy atom. The second kappa shape index (κ2) is 15.3. The van der Waals surface area contributed by atoms with Gasteiger partial charge < -0.3 is 39.9 Å². The van der Waals surface area contributed by atoms with E-state index >= 15 is 4.39 Å². The molecule has 14 nitrogen and oxygen atoms in total. The number of likely N-dealkylation sites (tertiary alicyclic amines) is 2. The second-order valence-electron chi connectivity index (χ2n) is 15.0. The third kappa shape index (κ3) is 7.10. The van der Waals surface area contributed by atoms with Crippen LogP contribution in [0.1, 0.15) is 99.4 Å². The van der Waals surface area contributed by atoms with E-state index in [1.54, 1.807) is 12.4 Å². The molecule has 2 bridgehead atoms. The number of alkyl carbamates (subject to hydrolysis) is 2. The number of H-pyrrole nitrogens is 2. The molecule has 0 spiro atoms. The number of benzene rings is 2. The van der Waals surface area contributed by atoms with Gasteiger partial charge in [0.15, 0.2) is 0 Å². The van der Waals surface area contributed by atoms with Crippen LogP contribution in [0.3, 0.4) is 0 Å². The number of carbonyl (C=O) groups excluding carboxylic acids is 4. The maximum Gasteiger partial charge on any atom is 0.407 e. The topological polar surface area (TPSA) is 175 Å². The number of fused-ring (bicyclic) bond motifs is 5. The summed E-state index contributed by atoms with van der Waals surface area (Å²) >= 11 is 0. The lowest BCUT2D eigenvalue weighted by Gasteiger charge is -2.26. The molecular formula is C41H46F2N8O6. The zero-order valence-electron chi connectivity index (χ0n) is 36.5.